The number of rotatable bonds is 5. The van der Waals surface area contributed by atoms with Crippen LogP contribution in [-0.2, 0) is 19.5 Å². The molecule has 0 amide bonds. The summed E-state index contributed by atoms with van der Waals surface area (Å²) >= 11 is 0. The van der Waals surface area contributed by atoms with Gasteiger partial charge in [-0.1, -0.05) is 0 Å². The molecule has 0 aromatic carbocycles. The topological polar surface area (TPSA) is 99.0 Å². The summed E-state index contributed by atoms with van der Waals surface area (Å²) in [5.41, 5.74) is 0. The fourth-order valence-electron chi connectivity index (χ4n) is 2.40. The predicted octanol–water partition coefficient (Wildman–Crippen LogP) is 1.58. The molecule has 0 saturated heterocycles. The summed E-state index contributed by atoms with van der Waals surface area (Å²) in [6.45, 7) is 3.36. The Morgan fingerprint density at radius 2 is 2.40 bits per heavy atom. The van der Waals surface area contributed by atoms with Gasteiger partial charge < -0.3 is 14.3 Å². The number of hydrogen-bond donors (Lipinski definition) is 1. The van der Waals surface area contributed by atoms with Crippen molar-refractivity contribution in [3.05, 3.63) is 39.7 Å². The molecular formula is C12H15N5O3. The third-order valence-corrected chi connectivity index (χ3v) is 3.44. The molecule has 8 nitrogen and oxygen atoms in total. The molecule has 1 aliphatic rings. The Morgan fingerprint density at radius 3 is 3.15 bits per heavy atom. The molecule has 3 rings (SSSR count). The second-order valence-electron chi connectivity index (χ2n) is 4.83. The average Bonchev–Trinajstić information content (AvgIpc) is 3.11. The number of fused-ring (bicyclic) bond motifs is 1. The van der Waals surface area contributed by atoms with E-state index in [1.54, 1.807) is 6.07 Å². The van der Waals surface area contributed by atoms with Gasteiger partial charge in [-0.15, -0.1) is 10.2 Å². The molecule has 0 fully saturated rings. The molecule has 0 bridgehead atoms. The minimum absolute atomic E-state index is 0.0125. The molecule has 8 heteroatoms. The third-order valence-electron chi connectivity index (χ3n) is 3.44. The van der Waals surface area contributed by atoms with Crippen molar-refractivity contribution in [1.29, 1.82) is 0 Å². The number of nitrogens with one attached hydrogen (secondary N) is 1. The summed E-state index contributed by atoms with van der Waals surface area (Å²) < 4.78 is 7.23. The molecule has 106 valence electrons. The highest BCUT2D eigenvalue weighted by Gasteiger charge is 2.21. The standard InChI is InChI=1S/C12H15N5O3/c1-8(12-15-14-10-3-2-6-16(10)12)13-7-9-4-5-11(20-9)17(18)19/h4-5,8,13H,2-3,6-7H2,1H3. The molecule has 2 aromatic rings. The first kappa shape index (κ1) is 12.8. The van der Waals surface area contributed by atoms with E-state index in [1.165, 1.54) is 6.07 Å². The van der Waals surface area contributed by atoms with Crippen LogP contribution < -0.4 is 5.32 Å². The minimum Gasteiger partial charge on any atom is -0.404 e. The van der Waals surface area contributed by atoms with Gasteiger partial charge in [0.1, 0.15) is 22.3 Å². The highest BCUT2D eigenvalue weighted by Crippen LogP contribution is 2.20. The lowest BCUT2D eigenvalue weighted by molar-refractivity contribution is -0.402. The lowest BCUT2D eigenvalue weighted by atomic mass is 10.3. The van der Waals surface area contributed by atoms with Crippen LogP contribution in [0.15, 0.2) is 16.5 Å². The van der Waals surface area contributed by atoms with Crippen molar-refractivity contribution < 1.29 is 9.34 Å². The van der Waals surface area contributed by atoms with E-state index in [9.17, 15) is 10.1 Å². The van der Waals surface area contributed by atoms with Crippen LogP contribution >= 0.6 is 0 Å². The van der Waals surface area contributed by atoms with Crippen molar-refractivity contribution in [2.45, 2.75) is 38.9 Å². The van der Waals surface area contributed by atoms with E-state index in [4.69, 9.17) is 4.42 Å². The van der Waals surface area contributed by atoms with Crippen molar-refractivity contribution in [3.63, 3.8) is 0 Å². The van der Waals surface area contributed by atoms with Crippen molar-refractivity contribution in [2.24, 2.45) is 0 Å². The second kappa shape index (κ2) is 5.04. The van der Waals surface area contributed by atoms with Crippen LogP contribution in [0, 0.1) is 10.1 Å². The summed E-state index contributed by atoms with van der Waals surface area (Å²) in [5, 5.41) is 22.1. The van der Waals surface area contributed by atoms with Gasteiger partial charge in [0, 0.05) is 13.0 Å². The minimum atomic E-state index is -0.543. The smallest absolute Gasteiger partial charge is 0.404 e. The van der Waals surface area contributed by atoms with Gasteiger partial charge >= 0.3 is 5.88 Å². The van der Waals surface area contributed by atoms with Crippen LogP contribution in [-0.4, -0.2) is 19.7 Å². The number of hydrogen-bond acceptors (Lipinski definition) is 6. The van der Waals surface area contributed by atoms with Crippen LogP contribution in [0.25, 0.3) is 0 Å². The van der Waals surface area contributed by atoms with Crippen LogP contribution in [0.4, 0.5) is 5.88 Å². The lowest BCUT2D eigenvalue weighted by Crippen LogP contribution is -2.21. The molecule has 0 saturated carbocycles. The molecular weight excluding hydrogens is 262 g/mol. The number of aromatic nitrogens is 3. The van der Waals surface area contributed by atoms with Crippen molar-refractivity contribution >= 4 is 5.88 Å². The van der Waals surface area contributed by atoms with Crippen LogP contribution in [0.2, 0.25) is 0 Å². The second-order valence-corrected chi connectivity index (χ2v) is 4.83. The molecule has 2 aromatic heterocycles. The van der Waals surface area contributed by atoms with Gasteiger partial charge in [-0.3, -0.25) is 10.1 Å². The van der Waals surface area contributed by atoms with Crippen LogP contribution in [0.5, 0.6) is 0 Å². The molecule has 1 N–H and O–H groups in total. The summed E-state index contributed by atoms with van der Waals surface area (Å²) in [7, 11) is 0. The van der Waals surface area contributed by atoms with Crippen molar-refractivity contribution in [3.8, 4) is 0 Å². The fraction of sp³-hybridized carbons (Fsp3) is 0.500. The van der Waals surface area contributed by atoms with Crippen LogP contribution in [0.1, 0.15) is 36.8 Å². The van der Waals surface area contributed by atoms with E-state index in [0.717, 1.165) is 31.0 Å². The maximum atomic E-state index is 10.5. The molecule has 0 radical (unpaired) electrons. The third kappa shape index (κ3) is 2.29. The summed E-state index contributed by atoms with van der Waals surface area (Å²) in [5.74, 6) is 2.23. The van der Waals surface area contributed by atoms with Gasteiger partial charge in [-0.25, -0.2) is 0 Å². The van der Waals surface area contributed by atoms with E-state index in [1.807, 2.05) is 6.92 Å². The molecule has 1 unspecified atom stereocenters. The molecule has 1 atom stereocenters. The quantitative estimate of drug-likeness (QED) is 0.658. The zero-order valence-corrected chi connectivity index (χ0v) is 11.1. The van der Waals surface area contributed by atoms with E-state index in [2.05, 4.69) is 20.1 Å². The lowest BCUT2D eigenvalue weighted by Gasteiger charge is -2.12. The summed E-state index contributed by atoms with van der Waals surface area (Å²) in [6, 6.07) is 2.97. The SMILES string of the molecule is CC(NCc1ccc([N+](=O)[O-])o1)c1nnc2n1CCC2. The Balaban J connectivity index is 1.64. The predicted molar refractivity (Wildman–Crippen MR) is 69.0 cm³/mol. The number of nitro groups is 1. The van der Waals surface area contributed by atoms with Gasteiger partial charge in [-0.05, 0) is 19.4 Å². The van der Waals surface area contributed by atoms with E-state index < -0.39 is 4.92 Å². The van der Waals surface area contributed by atoms with Crippen molar-refractivity contribution in [1.82, 2.24) is 20.1 Å². The highest BCUT2D eigenvalue weighted by atomic mass is 16.6. The molecule has 1 aliphatic heterocycles. The largest absolute Gasteiger partial charge is 0.433 e. The Hall–Kier alpha value is -2.22. The zero-order chi connectivity index (χ0) is 14.1. The van der Waals surface area contributed by atoms with Crippen LogP contribution in [0.3, 0.4) is 0 Å². The van der Waals surface area contributed by atoms with Gasteiger partial charge in [-0.2, -0.15) is 0 Å². The van der Waals surface area contributed by atoms with E-state index in [-0.39, 0.29) is 11.9 Å². The molecule has 3 heterocycles. The monoisotopic (exact) mass is 277 g/mol. The molecule has 20 heavy (non-hydrogen) atoms. The first-order chi connectivity index (χ1) is 9.65. The molecule has 0 spiro atoms. The number of furan rings is 1. The van der Waals surface area contributed by atoms with E-state index >= 15 is 0 Å². The fourth-order valence-corrected chi connectivity index (χ4v) is 2.40. The van der Waals surface area contributed by atoms with Crippen molar-refractivity contribution in [2.75, 3.05) is 0 Å². The highest BCUT2D eigenvalue weighted by molar-refractivity contribution is 5.17. The first-order valence-electron chi connectivity index (χ1n) is 6.53. The van der Waals surface area contributed by atoms with Gasteiger partial charge in [0.05, 0.1) is 18.7 Å². The maximum absolute atomic E-state index is 10.5. The average molecular weight is 277 g/mol. The van der Waals surface area contributed by atoms with Gasteiger partial charge in [0.25, 0.3) is 0 Å². The number of aryl methyl sites for hydroxylation is 1. The zero-order valence-electron chi connectivity index (χ0n) is 11.1. The Labute approximate surface area is 114 Å². The summed E-state index contributed by atoms with van der Waals surface area (Å²) in [6.07, 6.45) is 2.08. The molecule has 0 aliphatic carbocycles. The maximum Gasteiger partial charge on any atom is 0.433 e. The Morgan fingerprint density at radius 1 is 1.55 bits per heavy atom. The van der Waals surface area contributed by atoms with E-state index in [0.29, 0.717) is 12.3 Å². The Kier molecular flexibility index (Phi) is 3.23. The van der Waals surface area contributed by atoms with Gasteiger partial charge in [0.2, 0.25) is 0 Å². The first-order valence-corrected chi connectivity index (χ1v) is 6.53. The summed E-state index contributed by atoms with van der Waals surface area (Å²) in [4.78, 5) is 9.99. The van der Waals surface area contributed by atoms with Gasteiger partial charge in [0.15, 0.2) is 0 Å². The normalized spacial score (nSPS) is 15.2. The number of nitrogens with zero attached hydrogens (tertiary/aromatic N) is 4. The Bertz CT molecular complexity index is 633.